The van der Waals surface area contributed by atoms with Crippen LogP contribution in [0.25, 0.3) is 0 Å². The molecule has 0 fully saturated rings. The Labute approximate surface area is 95.7 Å². The number of esters is 1. The molecule has 0 aromatic heterocycles. The predicted molar refractivity (Wildman–Crippen MR) is 58.8 cm³/mol. The maximum atomic E-state index is 10.9. The van der Waals surface area contributed by atoms with E-state index in [1.165, 1.54) is 0 Å². The lowest BCUT2D eigenvalue weighted by Gasteiger charge is -2.17. The van der Waals surface area contributed by atoms with Crippen LogP contribution in [0.5, 0.6) is 0 Å². The van der Waals surface area contributed by atoms with Crippen molar-refractivity contribution in [3.63, 3.8) is 0 Å². The summed E-state index contributed by atoms with van der Waals surface area (Å²) in [5.41, 5.74) is 5.07. The van der Waals surface area contributed by atoms with Gasteiger partial charge in [-0.3, -0.25) is 9.69 Å². The van der Waals surface area contributed by atoms with Crippen molar-refractivity contribution in [1.29, 1.82) is 0 Å². The molecule has 16 heavy (non-hydrogen) atoms. The number of primary amides is 1. The molecule has 0 rings (SSSR count). The zero-order chi connectivity index (χ0) is 12.4. The summed E-state index contributed by atoms with van der Waals surface area (Å²) in [4.78, 5) is 23.4. The summed E-state index contributed by atoms with van der Waals surface area (Å²) in [5.74, 6) is -0.743. The Kier molecular flexibility index (Phi) is 8.46. The number of hydrogen-bond acceptors (Lipinski definition) is 5. The molecular formula is C10H20N2O4. The Balaban J connectivity index is 3.55. The van der Waals surface area contributed by atoms with Gasteiger partial charge in [-0.1, -0.05) is 6.92 Å². The van der Waals surface area contributed by atoms with Gasteiger partial charge in [0.1, 0.15) is 6.61 Å². The highest BCUT2D eigenvalue weighted by Crippen LogP contribution is 1.88. The van der Waals surface area contributed by atoms with E-state index in [1.54, 1.807) is 6.92 Å². The van der Waals surface area contributed by atoms with Gasteiger partial charge >= 0.3 is 5.97 Å². The second-order valence-corrected chi connectivity index (χ2v) is 3.19. The zero-order valence-electron chi connectivity index (χ0n) is 9.90. The number of nitrogens with zero attached hydrogens (tertiary/aromatic N) is 1. The molecular weight excluding hydrogens is 212 g/mol. The molecule has 0 bridgehead atoms. The SMILES string of the molecule is CCOC(=O)COCCN(CC)CC(N)=O. The molecule has 6 nitrogen and oxygen atoms in total. The summed E-state index contributed by atoms with van der Waals surface area (Å²) < 4.78 is 9.78. The number of carbonyl (C=O) groups excluding carboxylic acids is 2. The number of ether oxygens (including phenoxy) is 2. The normalized spacial score (nSPS) is 10.4. The third kappa shape index (κ3) is 8.19. The van der Waals surface area contributed by atoms with Crippen LogP contribution in [0.2, 0.25) is 0 Å². The van der Waals surface area contributed by atoms with Crippen LogP contribution in [0, 0.1) is 0 Å². The second-order valence-electron chi connectivity index (χ2n) is 3.19. The molecule has 6 heteroatoms. The molecule has 1 amide bonds. The van der Waals surface area contributed by atoms with Crippen molar-refractivity contribution in [1.82, 2.24) is 4.90 Å². The zero-order valence-corrected chi connectivity index (χ0v) is 9.90. The number of carbonyl (C=O) groups is 2. The van der Waals surface area contributed by atoms with Crippen LogP contribution < -0.4 is 5.73 Å². The summed E-state index contributed by atoms with van der Waals surface area (Å²) in [7, 11) is 0. The standard InChI is InChI=1S/C10H20N2O4/c1-3-12(7-9(11)13)5-6-15-8-10(14)16-4-2/h3-8H2,1-2H3,(H2,11,13). The number of rotatable bonds is 9. The minimum absolute atomic E-state index is 0.0536. The van der Waals surface area contributed by atoms with E-state index in [4.69, 9.17) is 10.5 Å². The fourth-order valence-electron chi connectivity index (χ4n) is 1.12. The third-order valence-corrected chi connectivity index (χ3v) is 1.90. The molecule has 94 valence electrons. The van der Waals surface area contributed by atoms with E-state index in [9.17, 15) is 9.59 Å². The van der Waals surface area contributed by atoms with Gasteiger partial charge < -0.3 is 15.2 Å². The van der Waals surface area contributed by atoms with Crippen molar-refractivity contribution < 1.29 is 19.1 Å². The van der Waals surface area contributed by atoms with Crippen molar-refractivity contribution >= 4 is 11.9 Å². The molecule has 0 unspecified atom stereocenters. The van der Waals surface area contributed by atoms with Crippen LogP contribution >= 0.6 is 0 Å². The van der Waals surface area contributed by atoms with Crippen LogP contribution in [0.15, 0.2) is 0 Å². The highest BCUT2D eigenvalue weighted by atomic mass is 16.6. The highest BCUT2D eigenvalue weighted by molar-refractivity contribution is 5.75. The molecule has 0 saturated heterocycles. The second kappa shape index (κ2) is 9.11. The third-order valence-electron chi connectivity index (χ3n) is 1.90. The van der Waals surface area contributed by atoms with Gasteiger partial charge in [-0.05, 0) is 13.5 Å². The van der Waals surface area contributed by atoms with E-state index in [1.807, 2.05) is 11.8 Å². The van der Waals surface area contributed by atoms with E-state index in [0.29, 0.717) is 26.3 Å². The van der Waals surface area contributed by atoms with Crippen molar-refractivity contribution in [2.24, 2.45) is 5.73 Å². The maximum Gasteiger partial charge on any atom is 0.332 e. The van der Waals surface area contributed by atoms with Gasteiger partial charge in [-0.2, -0.15) is 0 Å². The van der Waals surface area contributed by atoms with E-state index in [2.05, 4.69) is 4.74 Å². The average Bonchev–Trinajstić information content (AvgIpc) is 2.22. The van der Waals surface area contributed by atoms with Crippen LogP contribution in [-0.2, 0) is 19.1 Å². The molecule has 0 aromatic carbocycles. The first-order chi connectivity index (χ1) is 7.60. The van der Waals surface area contributed by atoms with Crippen LogP contribution in [-0.4, -0.2) is 56.2 Å². The topological polar surface area (TPSA) is 81.9 Å². The van der Waals surface area contributed by atoms with E-state index in [0.717, 1.165) is 0 Å². The van der Waals surface area contributed by atoms with E-state index < -0.39 is 0 Å². The van der Waals surface area contributed by atoms with E-state index in [-0.39, 0.29) is 25.0 Å². The number of hydrogen-bond donors (Lipinski definition) is 1. The predicted octanol–water partition coefficient (Wildman–Crippen LogP) is -0.627. The minimum atomic E-state index is -0.375. The lowest BCUT2D eigenvalue weighted by Crippen LogP contribution is -2.36. The quantitative estimate of drug-likeness (QED) is 0.423. The smallest absolute Gasteiger partial charge is 0.332 e. The molecule has 2 N–H and O–H groups in total. The molecule has 0 spiro atoms. The first-order valence-electron chi connectivity index (χ1n) is 5.34. The number of nitrogens with two attached hydrogens (primary N) is 1. The van der Waals surface area contributed by atoms with Crippen LogP contribution in [0.4, 0.5) is 0 Å². The molecule has 0 aromatic rings. The highest BCUT2D eigenvalue weighted by Gasteiger charge is 2.06. The van der Waals surface area contributed by atoms with Gasteiger partial charge in [0.2, 0.25) is 5.91 Å². The summed E-state index contributed by atoms with van der Waals surface area (Å²) >= 11 is 0. The van der Waals surface area contributed by atoms with Crippen LogP contribution in [0.3, 0.4) is 0 Å². The van der Waals surface area contributed by atoms with Crippen LogP contribution in [0.1, 0.15) is 13.8 Å². The fraction of sp³-hybridized carbons (Fsp3) is 0.800. The Bertz CT molecular complexity index is 221. The first-order valence-corrected chi connectivity index (χ1v) is 5.34. The summed E-state index contributed by atoms with van der Waals surface area (Å²) in [6, 6.07) is 0. The molecule has 0 saturated carbocycles. The molecule has 0 atom stereocenters. The average molecular weight is 232 g/mol. The van der Waals surface area contributed by atoms with Gasteiger partial charge in [-0.15, -0.1) is 0 Å². The molecule has 0 aliphatic rings. The van der Waals surface area contributed by atoms with Gasteiger partial charge in [0.05, 0.1) is 19.8 Å². The molecule has 0 radical (unpaired) electrons. The van der Waals surface area contributed by atoms with Gasteiger partial charge in [0.25, 0.3) is 0 Å². The van der Waals surface area contributed by atoms with Crippen molar-refractivity contribution in [3.05, 3.63) is 0 Å². The first kappa shape index (κ1) is 14.9. The lowest BCUT2D eigenvalue weighted by atomic mass is 10.4. The largest absolute Gasteiger partial charge is 0.464 e. The Hall–Kier alpha value is -1.14. The van der Waals surface area contributed by atoms with Gasteiger partial charge in [0, 0.05) is 6.54 Å². The molecule has 0 aliphatic carbocycles. The van der Waals surface area contributed by atoms with Crippen molar-refractivity contribution in [2.75, 3.05) is 39.5 Å². The monoisotopic (exact) mass is 232 g/mol. The summed E-state index contributed by atoms with van der Waals surface area (Å²) in [6.45, 7) is 5.83. The fourth-order valence-corrected chi connectivity index (χ4v) is 1.12. The molecule has 0 aliphatic heterocycles. The molecule has 0 heterocycles. The van der Waals surface area contributed by atoms with Gasteiger partial charge in [-0.25, -0.2) is 4.79 Å². The summed E-state index contributed by atoms with van der Waals surface area (Å²) in [5, 5.41) is 0. The minimum Gasteiger partial charge on any atom is -0.464 e. The van der Waals surface area contributed by atoms with Crippen molar-refractivity contribution in [3.8, 4) is 0 Å². The number of likely N-dealkylation sites (N-methyl/N-ethyl adjacent to an activating group) is 1. The number of amides is 1. The Morgan fingerprint density at radius 1 is 1.31 bits per heavy atom. The Morgan fingerprint density at radius 3 is 2.50 bits per heavy atom. The van der Waals surface area contributed by atoms with E-state index >= 15 is 0 Å². The lowest BCUT2D eigenvalue weighted by molar-refractivity contribution is -0.148. The Morgan fingerprint density at radius 2 is 2.00 bits per heavy atom. The van der Waals surface area contributed by atoms with Gasteiger partial charge in [0.15, 0.2) is 0 Å². The summed E-state index contributed by atoms with van der Waals surface area (Å²) in [6.07, 6.45) is 0. The van der Waals surface area contributed by atoms with Crippen molar-refractivity contribution in [2.45, 2.75) is 13.8 Å². The maximum absolute atomic E-state index is 10.9.